The molecule has 1 amide bonds. The SMILES string of the molecule is Cc1cc(C)cc(C(=O)N2CCC(NS(=O)(=O)c3ccccc3)CC2)c1. The number of carbonyl (C=O) groups excluding carboxylic acids is 1. The van der Waals surface area contributed by atoms with Gasteiger partial charge in [0.2, 0.25) is 10.0 Å². The molecule has 1 heterocycles. The van der Waals surface area contributed by atoms with Gasteiger partial charge in [-0.2, -0.15) is 0 Å². The molecule has 0 aromatic heterocycles. The smallest absolute Gasteiger partial charge is 0.253 e. The highest BCUT2D eigenvalue weighted by Gasteiger charge is 2.27. The number of piperidine rings is 1. The van der Waals surface area contributed by atoms with E-state index in [0.717, 1.165) is 11.1 Å². The zero-order valence-electron chi connectivity index (χ0n) is 15.1. The average Bonchev–Trinajstić information content (AvgIpc) is 2.61. The van der Waals surface area contributed by atoms with Gasteiger partial charge in [-0.3, -0.25) is 4.79 Å². The molecule has 138 valence electrons. The summed E-state index contributed by atoms with van der Waals surface area (Å²) < 4.78 is 27.6. The van der Waals surface area contributed by atoms with Gasteiger partial charge in [0.15, 0.2) is 0 Å². The van der Waals surface area contributed by atoms with Crippen LogP contribution in [0.4, 0.5) is 0 Å². The molecule has 1 fully saturated rings. The maximum Gasteiger partial charge on any atom is 0.253 e. The Balaban J connectivity index is 1.61. The van der Waals surface area contributed by atoms with Crippen LogP contribution >= 0.6 is 0 Å². The van der Waals surface area contributed by atoms with Crippen molar-refractivity contribution in [3.63, 3.8) is 0 Å². The minimum absolute atomic E-state index is 0.0150. The van der Waals surface area contributed by atoms with Crippen LogP contribution in [0.2, 0.25) is 0 Å². The molecule has 0 saturated carbocycles. The zero-order valence-corrected chi connectivity index (χ0v) is 15.9. The van der Waals surface area contributed by atoms with Crippen LogP contribution in [0.1, 0.15) is 34.3 Å². The minimum Gasteiger partial charge on any atom is -0.339 e. The minimum atomic E-state index is -3.51. The number of likely N-dealkylation sites (tertiary alicyclic amines) is 1. The van der Waals surface area contributed by atoms with Crippen molar-refractivity contribution in [3.8, 4) is 0 Å². The van der Waals surface area contributed by atoms with Crippen LogP contribution in [0.25, 0.3) is 0 Å². The Morgan fingerprint density at radius 3 is 2.15 bits per heavy atom. The fraction of sp³-hybridized carbons (Fsp3) is 0.350. The molecule has 1 N–H and O–H groups in total. The molecule has 5 nitrogen and oxygen atoms in total. The van der Waals surface area contributed by atoms with E-state index in [1.165, 1.54) is 0 Å². The van der Waals surface area contributed by atoms with E-state index in [1.54, 1.807) is 30.3 Å². The van der Waals surface area contributed by atoms with Gasteiger partial charge in [-0.25, -0.2) is 13.1 Å². The molecular weight excluding hydrogens is 348 g/mol. The lowest BCUT2D eigenvalue weighted by Gasteiger charge is -2.32. The van der Waals surface area contributed by atoms with Gasteiger partial charge in [0, 0.05) is 24.7 Å². The number of amides is 1. The molecule has 0 spiro atoms. The molecule has 0 radical (unpaired) electrons. The Morgan fingerprint density at radius 1 is 1.00 bits per heavy atom. The number of carbonyl (C=O) groups is 1. The maximum absolute atomic E-state index is 12.7. The highest BCUT2D eigenvalue weighted by molar-refractivity contribution is 7.89. The molecule has 0 atom stereocenters. The van der Waals surface area contributed by atoms with Gasteiger partial charge in [-0.15, -0.1) is 0 Å². The summed E-state index contributed by atoms with van der Waals surface area (Å²) in [6, 6.07) is 14.1. The van der Waals surface area contributed by atoms with Crippen LogP contribution in [-0.4, -0.2) is 38.4 Å². The normalized spacial score (nSPS) is 15.8. The molecule has 6 heteroatoms. The summed E-state index contributed by atoms with van der Waals surface area (Å²) >= 11 is 0. The average molecular weight is 372 g/mol. The van der Waals surface area contributed by atoms with Crippen LogP contribution in [0, 0.1) is 13.8 Å². The molecule has 0 bridgehead atoms. The van der Waals surface area contributed by atoms with E-state index in [9.17, 15) is 13.2 Å². The van der Waals surface area contributed by atoms with Crippen molar-refractivity contribution in [3.05, 3.63) is 65.2 Å². The van der Waals surface area contributed by atoms with E-state index < -0.39 is 10.0 Å². The molecule has 0 aliphatic carbocycles. The third-order valence-corrected chi connectivity index (χ3v) is 6.16. The van der Waals surface area contributed by atoms with Crippen molar-refractivity contribution in [2.24, 2.45) is 0 Å². The van der Waals surface area contributed by atoms with Crippen molar-refractivity contribution >= 4 is 15.9 Å². The lowest BCUT2D eigenvalue weighted by atomic mass is 10.0. The molecule has 1 aliphatic rings. The summed E-state index contributed by atoms with van der Waals surface area (Å²) in [5, 5.41) is 0. The van der Waals surface area contributed by atoms with Crippen LogP contribution in [-0.2, 0) is 10.0 Å². The third-order valence-electron chi connectivity index (χ3n) is 4.63. The second-order valence-corrected chi connectivity index (χ2v) is 8.59. The molecule has 26 heavy (non-hydrogen) atoms. The highest BCUT2D eigenvalue weighted by Crippen LogP contribution is 2.18. The van der Waals surface area contributed by atoms with Crippen molar-refractivity contribution in [2.45, 2.75) is 37.6 Å². The lowest BCUT2D eigenvalue weighted by molar-refractivity contribution is 0.0711. The van der Waals surface area contributed by atoms with Crippen molar-refractivity contribution in [1.29, 1.82) is 0 Å². The maximum atomic E-state index is 12.7. The fourth-order valence-corrected chi connectivity index (χ4v) is 4.69. The number of benzene rings is 2. The molecule has 1 aliphatic heterocycles. The second-order valence-electron chi connectivity index (χ2n) is 6.88. The summed E-state index contributed by atoms with van der Waals surface area (Å²) in [6.45, 7) is 5.06. The Labute approximate surface area is 155 Å². The summed E-state index contributed by atoms with van der Waals surface area (Å²) in [4.78, 5) is 14.8. The van der Waals surface area contributed by atoms with Crippen LogP contribution in [0.5, 0.6) is 0 Å². The first kappa shape index (κ1) is 18.6. The fourth-order valence-electron chi connectivity index (χ4n) is 3.37. The standard InChI is InChI=1S/C20H24N2O3S/c1-15-12-16(2)14-17(13-15)20(23)22-10-8-18(9-11-22)21-26(24,25)19-6-4-3-5-7-19/h3-7,12-14,18,21H,8-11H2,1-2H3. The van der Waals surface area contributed by atoms with Gasteiger partial charge in [0.05, 0.1) is 4.90 Å². The zero-order chi connectivity index (χ0) is 18.7. The molecule has 0 unspecified atom stereocenters. The molecule has 1 saturated heterocycles. The number of hydrogen-bond acceptors (Lipinski definition) is 3. The number of sulfonamides is 1. The largest absolute Gasteiger partial charge is 0.339 e. The third kappa shape index (κ3) is 4.31. The highest BCUT2D eigenvalue weighted by atomic mass is 32.2. The molecule has 2 aromatic rings. The van der Waals surface area contributed by atoms with Gasteiger partial charge in [-0.1, -0.05) is 35.4 Å². The van der Waals surface area contributed by atoms with Gasteiger partial charge in [0.1, 0.15) is 0 Å². The first-order valence-electron chi connectivity index (χ1n) is 8.80. The van der Waals surface area contributed by atoms with Gasteiger partial charge >= 0.3 is 0 Å². The Morgan fingerprint density at radius 2 is 1.58 bits per heavy atom. The summed E-state index contributed by atoms with van der Waals surface area (Å²) in [6.07, 6.45) is 1.23. The quantitative estimate of drug-likeness (QED) is 0.897. The van der Waals surface area contributed by atoms with E-state index in [4.69, 9.17) is 0 Å². The van der Waals surface area contributed by atoms with Crippen LogP contribution in [0.15, 0.2) is 53.4 Å². The van der Waals surface area contributed by atoms with Gasteiger partial charge < -0.3 is 4.90 Å². The van der Waals surface area contributed by atoms with E-state index in [1.807, 2.05) is 36.9 Å². The van der Waals surface area contributed by atoms with Crippen LogP contribution in [0.3, 0.4) is 0 Å². The van der Waals surface area contributed by atoms with Crippen LogP contribution < -0.4 is 4.72 Å². The molecular formula is C20H24N2O3S. The van der Waals surface area contributed by atoms with Gasteiger partial charge in [0.25, 0.3) is 5.91 Å². The number of aryl methyl sites for hydroxylation is 2. The Bertz CT molecular complexity index is 866. The van der Waals surface area contributed by atoms with E-state index in [-0.39, 0.29) is 16.8 Å². The summed E-state index contributed by atoms with van der Waals surface area (Å²) in [5.41, 5.74) is 2.84. The second kappa shape index (κ2) is 7.60. The number of hydrogen-bond donors (Lipinski definition) is 1. The Hall–Kier alpha value is -2.18. The van der Waals surface area contributed by atoms with Crippen molar-refractivity contribution in [1.82, 2.24) is 9.62 Å². The first-order valence-corrected chi connectivity index (χ1v) is 10.3. The topological polar surface area (TPSA) is 66.5 Å². The number of nitrogens with one attached hydrogen (secondary N) is 1. The Kier molecular flexibility index (Phi) is 5.44. The van der Waals surface area contributed by atoms with Crippen molar-refractivity contribution < 1.29 is 13.2 Å². The predicted octanol–water partition coefficient (Wildman–Crippen LogP) is 2.89. The predicted molar refractivity (Wildman–Crippen MR) is 102 cm³/mol. The van der Waals surface area contributed by atoms with Crippen molar-refractivity contribution in [2.75, 3.05) is 13.1 Å². The number of rotatable bonds is 4. The summed E-state index contributed by atoms with van der Waals surface area (Å²) in [5.74, 6) is 0.0150. The van der Waals surface area contributed by atoms with E-state index >= 15 is 0 Å². The lowest BCUT2D eigenvalue weighted by Crippen LogP contribution is -2.46. The first-order chi connectivity index (χ1) is 12.3. The summed E-state index contributed by atoms with van der Waals surface area (Å²) in [7, 11) is -3.51. The van der Waals surface area contributed by atoms with E-state index in [2.05, 4.69) is 4.72 Å². The van der Waals surface area contributed by atoms with E-state index in [0.29, 0.717) is 31.5 Å². The van der Waals surface area contributed by atoms with Gasteiger partial charge in [-0.05, 0) is 51.0 Å². The monoisotopic (exact) mass is 372 g/mol. The molecule has 3 rings (SSSR count). The molecule has 2 aromatic carbocycles. The number of nitrogens with zero attached hydrogens (tertiary/aromatic N) is 1.